The van der Waals surface area contributed by atoms with Crippen LogP contribution in [0.3, 0.4) is 0 Å². The molecule has 0 unspecified atom stereocenters. The second kappa shape index (κ2) is 9.60. The highest BCUT2D eigenvalue weighted by atomic mass is 16.6. The predicted octanol–water partition coefficient (Wildman–Crippen LogP) is 4.35. The second-order valence-electron chi connectivity index (χ2n) is 9.87. The molecule has 5 nitrogen and oxygen atoms in total. The van der Waals surface area contributed by atoms with Crippen LogP contribution < -0.4 is 5.32 Å². The van der Waals surface area contributed by atoms with Gasteiger partial charge in [-0.2, -0.15) is 0 Å². The minimum atomic E-state index is -0.400. The minimum absolute atomic E-state index is 0.142. The van der Waals surface area contributed by atoms with E-state index in [-0.39, 0.29) is 6.09 Å². The molecule has 0 bridgehead atoms. The number of amides is 1. The molecule has 2 aliphatic heterocycles. The van der Waals surface area contributed by atoms with Crippen molar-refractivity contribution in [1.82, 2.24) is 10.2 Å². The Morgan fingerprint density at radius 1 is 0.889 bits per heavy atom. The Bertz CT molecular complexity index is 455. The van der Waals surface area contributed by atoms with E-state index in [0.29, 0.717) is 12.2 Å². The van der Waals surface area contributed by atoms with Gasteiger partial charge in [-0.25, -0.2) is 4.79 Å². The molecule has 1 amide bonds. The SMILES string of the molecule is CC(C)(C)OC(=O)N1CCC(CC2CCC(OC3CCNCC3)CC2)CC1. The van der Waals surface area contributed by atoms with Gasteiger partial charge < -0.3 is 19.7 Å². The van der Waals surface area contributed by atoms with Crippen molar-refractivity contribution in [3.8, 4) is 0 Å². The topological polar surface area (TPSA) is 50.8 Å². The van der Waals surface area contributed by atoms with Crippen LogP contribution in [0.5, 0.6) is 0 Å². The molecule has 3 fully saturated rings. The van der Waals surface area contributed by atoms with Crippen molar-refractivity contribution in [3.05, 3.63) is 0 Å². The zero-order valence-electron chi connectivity index (χ0n) is 17.7. The highest BCUT2D eigenvalue weighted by Crippen LogP contribution is 2.35. The Kier molecular flexibility index (Phi) is 7.43. The monoisotopic (exact) mass is 380 g/mol. The standard InChI is InChI=1S/C22H40N2O3/c1-22(2,3)27-21(25)24-14-10-18(11-15-24)16-17-4-6-19(7-5-17)26-20-8-12-23-13-9-20/h17-20,23H,4-16H2,1-3H3. The van der Waals surface area contributed by atoms with Gasteiger partial charge in [0.1, 0.15) is 5.60 Å². The summed E-state index contributed by atoms with van der Waals surface area (Å²) in [6, 6.07) is 0. The third-order valence-corrected chi connectivity index (χ3v) is 6.40. The molecule has 3 rings (SSSR count). The fourth-order valence-electron chi connectivity index (χ4n) is 4.86. The maximum Gasteiger partial charge on any atom is 0.410 e. The molecule has 0 spiro atoms. The predicted molar refractivity (Wildman–Crippen MR) is 108 cm³/mol. The molecule has 156 valence electrons. The maximum atomic E-state index is 12.2. The van der Waals surface area contributed by atoms with Crippen molar-refractivity contribution >= 4 is 6.09 Å². The van der Waals surface area contributed by atoms with E-state index in [2.05, 4.69) is 5.32 Å². The average Bonchev–Trinajstić information content (AvgIpc) is 2.63. The van der Waals surface area contributed by atoms with E-state index in [1.807, 2.05) is 25.7 Å². The van der Waals surface area contributed by atoms with Crippen molar-refractivity contribution < 1.29 is 14.3 Å². The molecule has 0 aromatic heterocycles. The molecule has 1 saturated carbocycles. The second-order valence-corrected chi connectivity index (χ2v) is 9.87. The van der Waals surface area contributed by atoms with Gasteiger partial charge in [0.25, 0.3) is 0 Å². The number of likely N-dealkylation sites (tertiary alicyclic amines) is 1. The molecular weight excluding hydrogens is 340 g/mol. The van der Waals surface area contributed by atoms with E-state index in [9.17, 15) is 4.79 Å². The normalized spacial score (nSPS) is 28.9. The third kappa shape index (κ3) is 6.94. The summed E-state index contributed by atoms with van der Waals surface area (Å²) in [6.45, 7) is 9.74. The van der Waals surface area contributed by atoms with Crippen LogP contribution in [0.4, 0.5) is 4.79 Å². The Hall–Kier alpha value is -0.810. The molecule has 27 heavy (non-hydrogen) atoms. The molecule has 2 heterocycles. The molecule has 3 aliphatic rings. The van der Waals surface area contributed by atoms with Crippen LogP contribution in [0.25, 0.3) is 0 Å². The number of carbonyl (C=O) groups is 1. The van der Waals surface area contributed by atoms with Crippen LogP contribution in [0.2, 0.25) is 0 Å². The summed E-state index contributed by atoms with van der Waals surface area (Å²) in [4.78, 5) is 14.1. The molecule has 2 saturated heterocycles. The first-order valence-corrected chi connectivity index (χ1v) is 11.2. The number of hydrogen-bond donors (Lipinski definition) is 1. The zero-order valence-corrected chi connectivity index (χ0v) is 17.7. The van der Waals surface area contributed by atoms with Crippen LogP contribution in [-0.4, -0.2) is 55.0 Å². The van der Waals surface area contributed by atoms with Crippen LogP contribution in [-0.2, 0) is 9.47 Å². The van der Waals surface area contributed by atoms with Crippen LogP contribution >= 0.6 is 0 Å². The number of nitrogens with zero attached hydrogens (tertiary/aromatic N) is 1. The lowest BCUT2D eigenvalue weighted by Gasteiger charge is -2.37. The van der Waals surface area contributed by atoms with Gasteiger partial charge in [-0.1, -0.05) is 0 Å². The maximum absolute atomic E-state index is 12.2. The Labute approximate surface area is 165 Å². The lowest BCUT2D eigenvalue weighted by atomic mass is 9.79. The van der Waals surface area contributed by atoms with E-state index in [1.165, 1.54) is 44.9 Å². The summed E-state index contributed by atoms with van der Waals surface area (Å²) in [7, 11) is 0. The van der Waals surface area contributed by atoms with Crippen LogP contribution in [0, 0.1) is 11.8 Å². The first-order valence-electron chi connectivity index (χ1n) is 11.2. The average molecular weight is 381 g/mol. The largest absolute Gasteiger partial charge is 0.444 e. The molecule has 1 N–H and O–H groups in total. The lowest BCUT2D eigenvalue weighted by molar-refractivity contribution is -0.0497. The Balaban J connectivity index is 1.31. The van der Waals surface area contributed by atoms with Crippen molar-refractivity contribution in [3.63, 3.8) is 0 Å². The summed E-state index contributed by atoms with van der Waals surface area (Å²) < 4.78 is 11.9. The number of piperidine rings is 2. The smallest absolute Gasteiger partial charge is 0.410 e. The zero-order chi connectivity index (χ0) is 19.3. The molecule has 0 atom stereocenters. The van der Waals surface area contributed by atoms with Gasteiger partial charge in [-0.15, -0.1) is 0 Å². The number of ether oxygens (including phenoxy) is 2. The van der Waals surface area contributed by atoms with Crippen molar-refractivity contribution in [2.24, 2.45) is 11.8 Å². The molecule has 0 aromatic rings. The number of nitrogens with one attached hydrogen (secondary N) is 1. The van der Waals surface area contributed by atoms with Gasteiger partial charge in [-0.3, -0.25) is 0 Å². The van der Waals surface area contributed by atoms with Gasteiger partial charge >= 0.3 is 6.09 Å². The quantitative estimate of drug-likeness (QED) is 0.788. The van der Waals surface area contributed by atoms with Gasteiger partial charge in [-0.05, 0) is 103 Å². The highest BCUT2D eigenvalue weighted by Gasteiger charge is 2.30. The number of rotatable bonds is 4. The number of hydrogen-bond acceptors (Lipinski definition) is 4. The summed E-state index contributed by atoms with van der Waals surface area (Å²) in [5.74, 6) is 1.63. The molecule has 5 heteroatoms. The molecule has 0 aromatic carbocycles. The van der Waals surface area contributed by atoms with Gasteiger partial charge in [0, 0.05) is 13.1 Å². The van der Waals surface area contributed by atoms with E-state index < -0.39 is 5.60 Å². The first kappa shape index (κ1) is 20.9. The fourth-order valence-corrected chi connectivity index (χ4v) is 4.86. The molecular formula is C22H40N2O3. The first-order chi connectivity index (χ1) is 12.9. The van der Waals surface area contributed by atoms with Gasteiger partial charge in [0.05, 0.1) is 12.2 Å². The van der Waals surface area contributed by atoms with Gasteiger partial charge in [0.15, 0.2) is 0 Å². The van der Waals surface area contributed by atoms with Crippen molar-refractivity contribution in [1.29, 1.82) is 0 Å². The Morgan fingerprint density at radius 3 is 2.04 bits per heavy atom. The van der Waals surface area contributed by atoms with E-state index in [1.54, 1.807) is 0 Å². The third-order valence-electron chi connectivity index (χ3n) is 6.40. The van der Waals surface area contributed by atoms with Crippen molar-refractivity contribution in [2.45, 2.75) is 96.4 Å². The lowest BCUT2D eigenvalue weighted by Crippen LogP contribution is -2.42. The van der Waals surface area contributed by atoms with Gasteiger partial charge in [0.2, 0.25) is 0 Å². The number of carbonyl (C=O) groups excluding carboxylic acids is 1. The van der Waals surface area contributed by atoms with E-state index >= 15 is 0 Å². The van der Waals surface area contributed by atoms with E-state index in [0.717, 1.165) is 50.9 Å². The summed E-state index contributed by atoms with van der Waals surface area (Å²) in [5, 5.41) is 3.41. The van der Waals surface area contributed by atoms with Crippen LogP contribution in [0.1, 0.15) is 78.6 Å². The highest BCUT2D eigenvalue weighted by molar-refractivity contribution is 5.68. The van der Waals surface area contributed by atoms with Crippen LogP contribution in [0.15, 0.2) is 0 Å². The fraction of sp³-hybridized carbons (Fsp3) is 0.955. The summed E-state index contributed by atoms with van der Waals surface area (Å²) in [5.41, 5.74) is -0.400. The summed E-state index contributed by atoms with van der Waals surface area (Å²) in [6.07, 6.45) is 11.9. The minimum Gasteiger partial charge on any atom is -0.444 e. The molecule has 1 aliphatic carbocycles. The van der Waals surface area contributed by atoms with Crippen molar-refractivity contribution in [2.75, 3.05) is 26.2 Å². The van der Waals surface area contributed by atoms with E-state index in [4.69, 9.17) is 9.47 Å². The Morgan fingerprint density at radius 2 is 1.44 bits per heavy atom. The summed E-state index contributed by atoms with van der Waals surface area (Å²) >= 11 is 0. The molecule has 0 radical (unpaired) electrons.